The highest BCUT2D eigenvalue weighted by molar-refractivity contribution is 5.80. The lowest BCUT2D eigenvalue weighted by Crippen LogP contribution is -2.55. The van der Waals surface area contributed by atoms with Gasteiger partial charge in [-0.2, -0.15) is 0 Å². The summed E-state index contributed by atoms with van der Waals surface area (Å²) in [7, 11) is 0. The Morgan fingerprint density at radius 1 is 1.50 bits per heavy atom. The summed E-state index contributed by atoms with van der Waals surface area (Å²) in [6.45, 7) is 2.85. The number of carbonyl (C=O) groups is 2. The van der Waals surface area contributed by atoms with Gasteiger partial charge < -0.3 is 24.7 Å². The molecule has 0 radical (unpaired) electrons. The van der Waals surface area contributed by atoms with E-state index >= 15 is 0 Å². The van der Waals surface area contributed by atoms with E-state index in [2.05, 4.69) is 0 Å². The van der Waals surface area contributed by atoms with Crippen LogP contribution in [0.3, 0.4) is 0 Å². The third-order valence-corrected chi connectivity index (χ3v) is 2.77. The van der Waals surface area contributed by atoms with Gasteiger partial charge in [-0.1, -0.05) is 6.92 Å². The molecule has 104 valence electrons. The van der Waals surface area contributed by atoms with E-state index in [1.165, 1.54) is 9.80 Å². The van der Waals surface area contributed by atoms with Crippen LogP contribution in [0.1, 0.15) is 13.3 Å². The quantitative estimate of drug-likeness (QED) is 0.701. The van der Waals surface area contributed by atoms with Gasteiger partial charge in [0.2, 0.25) is 0 Å². The van der Waals surface area contributed by atoms with Gasteiger partial charge in [-0.15, -0.1) is 0 Å². The van der Waals surface area contributed by atoms with Crippen LogP contribution < -0.4 is 0 Å². The van der Waals surface area contributed by atoms with Crippen molar-refractivity contribution in [2.24, 2.45) is 0 Å². The first-order chi connectivity index (χ1) is 8.60. The molecule has 1 unspecified atom stereocenters. The van der Waals surface area contributed by atoms with E-state index < -0.39 is 5.97 Å². The third-order valence-electron chi connectivity index (χ3n) is 2.77. The summed E-state index contributed by atoms with van der Waals surface area (Å²) in [6, 6.07) is -0.735. The van der Waals surface area contributed by atoms with Crippen molar-refractivity contribution in [3.8, 4) is 0 Å². The minimum absolute atomic E-state index is 0.182. The lowest BCUT2D eigenvalue weighted by molar-refractivity contribution is -0.137. The molecule has 1 saturated heterocycles. The van der Waals surface area contributed by atoms with Crippen molar-refractivity contribution in [1.82, 2.24) is 9.80 Å². The van der Waals surface area contributed by atoms with Crippen LogP contribution in [0.5, 0.6) is 0 Å². The summed E-state index contributed by atoms with van der Waals surface area (Å²) in [6.07, 6.45) is 0.688. The number of aliphatic hydroxyl groups excluding tert-OH is 1. The second kappa shape index (κ2) is 7.17. The predicted molar refractivity (Wildman–Crippen MR) is 63.3 cm³/mol. The standard InChI is InChI=1S/C11H20N2O5/c1-2-3-12(6-10(15)16)11(17)13-4-5-18-8-9(13)7-14/h9,14H,2-8H2,1H3,(H,15,16). The molecule has 2 N–H and O–H groups in total. The largest absolute Gasteiger partial charge is 0.480 e. The van der Waals surface area contributed by atoms with Gasteiger partial charge in [0.05, 0.1) is 25.9 Å². The van der Waals surface area contributed by atoms with Crippen molar-refractivity contribution >= 4 is 12.0 Å². The zero-order valence-electron chi connectivity index (χ0n) is 10.5. The molecule has 0 aliphatic carbocycles. The third kappa shape index (κ3) is 3.85. The smallest absolute Gasteiger partial charge is 0.323 e. The van der Waals surface area contributed by atoms with Crippen LogP contribution in [0.2, 0.25) is 0 Å². The van der Waals surface area contributed by atoms with Gasteiger partial charge in [0.15, 0.2) is 0 Å². The number of rotatable bonds is 5. The molecule has 1 fully saturated rings. The van der Waals surface area contributed by atoms with Gasteiger partial charge in [-0.3, -0.25) is 4.79 Å². The molecule has 0 spiro atoms. The molecule has 18 heavy (non-hydrogen) atoms. The maximum atomic E-state index is 12.2. The molecule has 7 heteroatoms. The number of hydrogen-bond acceptors (Lipinski definition) is 4. The first-order valence-corrected chi connectivity index (χ1v) is 6.06. The molecular formula is C11H20N2O5. The second-order valence-corrected chi connectivity index (χ2v) is 4.20. The van der Waals surface area contributed by atoms with E-state index in [0.29, 0.717) is 26.1 Å². The molecule has 1 heterocycles. The van der Waals surface area contributed by atoms with Gasteiger partial charge in [-0.05, 0) is 6.42 Å². The first-order valence-electron chi connectivity index (χ1n) is 6.06. The fourth-order valence-corrected chi connectivity index (χ4v) is 1.92. The Bertz CT molecular complexity index is 297. The van der Waals surface area contributed by atoms with E-state index in [-0.39, 0.29) is 31.8 Å². The van der Waals surface area contributed by atoms with Crippen LogP contribution in [-0.2, 0) is 9.53 Å². The Kier molecular flexibility index (Phi) is 5.87. The Hall–Kier alpha value is -1.34. The summed E-state index contributed by atoms with van der Waals surface area (Å²) in [5.74, 6) is -1.04. The van der Waals surface area contributed by atoms with Crippen molar-refractivity contribution in [1.29, 1.82) is 0 Å². The molecule has 0 aromatic rings. The van der Waals surface area contributed by atoms with Crippen molar-refractivity contribution in [2.45, 2.75) is 19.4 Å². The summed E-state index contributed by atoms with van der Waals surface area (Å²) in [5, 5.41) is 18.0. The average molecular weight is 260 g/mol. The molecule has 0 aromatic carbocycles. The Morgan fingerprint density at radius 2 is 2.22 bits per heavy atom. The lowest BCUT2D eigenvalue weighted by Gasteiger charge is -2.37. The molecule has 1 rings (SSSR count). The number of carboxylic acids is 1. The molecule has 7 nitrogen and oxygen atoms in total. The second-order valence-electron chi connectivity index (χ2n) is 4.20. The van der Waals surface area contributed by atoms with Crippen LogP contribution in [0.4, 0.5) is 4.79 Å². The molecule has 2 amide bonds. The van der Waals surface area contributed by atoms with Gasteiger partial charge in [-0.25, -0.2) is 4.79 Å². The SMILES string of the molecule is CCCN(CC(=O)O)C(=O)N1CCOCC1CO. The van der Waals surface area contributed by atoms with E-state index in [9.17, 15) is 14.7 Å². The van der Waals surface area contributed by atoms with Crippen LogP contribution >= 0.6 is 0 Å². The minimum Gasteiger partial charge on any atom is -0.480 e. The molecule has 0 aromatic heterocycles. The number of aliphatic carboxylic acids is 1. The minimum atomic E-state index is -1.04. The molecule has 1 aliphatic heterocycles. The van der Waals surface area contributed by atoms with Gasteiger partial charge in [0.1, 0.15) is 6.54 Å². The van der Waals surface area contributed by atoms with Crippen LogP contribution in [-0.4, -0.2) is 77.5 Å². The Labute approximate surface area is 106 Å². The molecule has 0 saturated carbocycles. The topological polar surface area (TPSA) is 90.3 Å². The summed E-state index contributed by atoms with van der Waals surface area (Å²) in [4.78, 5) is 25.7. The highest BCUT2D eigenvalue weighted by Crippen LogP contribution is 2.10. The van der Waals surface area contributed by atoms with Crippen LogP contribution in [0, 0.1) is 0 Å². The maximum Gasteiger partial charge on any atom is 0.323 e. The van der Waals surface area contributed by atoms with Crippen molar-refractivity contribution in [3.63, 3.8) is 0 Å². The average Bonchev–Trinajstić information content (AvgIpc) is 2.37. The number of ether oxygens (including phenoxy) is 1. The highest BCUT2D eigenvalue weighted by atomic mass is 16.5. The molecule has 1 aliphatic rings. The van der Waals surface area contributed by atoms with E-state index in [1.807, 2.05) is 6.92 Å². The van der Waals surface area contributed by atoms with E-state index in [0.717, 1.165) is 0 Å². The maximum absolute atomic E-state index is 12.2. The molecule has 0 bridgehead atoms. The van der Waals surface area contributed by atoms with Crippen molar-refractivity contribution in [3.05, 3.63) is 0 Å². The van der Waals surface area contributed by atoms with E-state index in [1.54, 1.807) is 0 Å². The van der Waals surface area contributed by atoms with Crippen LogP contribution in [0.25, 0.3) is 0 Å². The van der Waals surface area contributed by atoms with Gasteiger partial charge >= 0.3 is 12.0 Å². The zero-order valence-corrected chi connectivity index (χ0v) is 10.5. The number of urea groups is 1. The zero-order chi connectivity index (χ0) is 13.5. The fraction of sp³-hybridized carbons (Fsp3) is 0.818. The Morgan fingerprint density at radius 3 is 2.78 bits per heavy atom. The fourth-order valence-electron chi connectivity index (χ4n) is 1.92. The van der Waals surface area contributed by atoms with E-state index in [4.69, 9.17) is 9.84 Å². The highest BCUT2D eigenvalue weighted by Gasteiger charge is 2.30. The molecular weight excluding hydrogens is 240 g/mol. The lowest BCUT2D eigenvalue weighted by atomic mass is 10.2. The Balaban J connectivity index is 2.70. The summed E-state index contributed by atoms with van der Waals surface area (Å²) >= 11 is 0. The monoisotopic (exact) mass is 260 g/mol. The van der Waals surface area contributed by atoms with Crippen molar-refractivity contribution < 1.29 is 24.5 Å². The summed E-state index contributed by atoms with van der Waals surface area (Å²) in [5.41, 5.74) is 0. The number of nitrogens with zero attached hydrogens (tertiary/aromatic N) is 2. The number of hydrogen-bond donors (Lipinski definition) is 2. The predicted octanol–water partition coefficient (Wildman–Crippen LogP) is -0.404. The van der Waals surface area contributed by atoms with Crippen LogP contribution in [0.15, 0.2) is 0 Å². The van der Waals surface area contributed by atoms with Gasteiger partial charge in [0, 0.05) is 13.1 Å². The number of morpholine rings is 1. The summed E-state index contributed by atoms with van der Waals surface area (Å²) < 4.78 is 5.19. The normalized spacial score (nSPS) is 19.7. The molecule has 1 atom stereocenters. The van der Waals surface area contributed by atoms with Gasteiger partial charge in [0.25, 0.3) is 0 Å². The first kappa shape index (κ1) is 14.7. The van der Waals surface area contributed by atoms with Crippen molar-refractivity contribution in [2.75, 3.05) is 39.5 Å². The number of carbonyl (C=O) groups excluding carboxylic acids is 1. The number of amides is 2. The number of carboxylic acid groups (broad SMARTS) is 1. The number of aliphatic hydroxyl groups is 1.